The molecule has 0 amide bonds. The molecule has 0 aromatic carbocycles. The van der Waals surface area contributed by atoms with Crippen LogP contribution in [0.5, 0.6) is 0 Å². The van der Waals surface area contributed by atoms with Crippen LogP contribution in [0.2, 0.25) is 0 Å². The van der Waals surface area contributed by atoms with Crippen LogP contribution in [0.4, 0.5) is 0 Å². The molecule has 0 bridgehead atoms. The van der Waals surface area contributed by atoms with Crippen molar-refractivity contribution in [3.8, 4) is 0 Å². The zero-order valence-electron chi connectivity index (χ0n) is 13.8. The Morgan fingerprint density at radius 2 is 1.55 bits per heavy atom. The molecular formula is C19H31N3. The normalized spacial score (nSPS) is 30.0. The van der Waals surface area contributed by atoms with Gasteiger partial charge in [0.2, 0.25) is 0 Å². The summed E-state index contributed by atoms with van der Waals surface area (Å²) >= 11 is 0. The standard InChI is InChI=1S/C19H31N3/c20-18-15-22-19(10-6-4-2-1-3-5-7-11-19)14-17(18)16-8-12-21-13-9-16/h8-9,12-13,17-18,22H,1-7,10-11,14-15,20H2. The second-order valence-electron chi connectivity index (χ2n) is 7.39. The molecule has 1 saturated heterocycles. The highest BCUT2D eigenvalue weighted by atomic mass is 15.0. The number of nitrogens with one attached hydrogen (secondary N) is 1. The van der Waals surface area contributed by atoms with Gasteiger partial charge < -0.3 is 11.1 Å². The third-order valence-corrected chi connectivity index (χ3v) is 5.79. The van der Waals surface area contributed by atoms with Crippen molar-refractivity contribution in [2.45, 2.75) is 81.7 Å². The Labute approximate surface area is 135 Å². The quantitative estimate of drug-likeness (QED) is 0.830. The van der Waals surface area contributed by atoms with Crippen LogP contribution in [0.3, 0.4) is 0 Å². The lowest BCUT2D eigenvalue weighted by Gasteiger charge is -2.46. The summed E-state index contributed by atoms with van der Waals surface area (Å²) in [5, 5.41) is 3.86. The van der Waals surface area contributed by atoms with E-state index in [1.54, 1.807) is 0 Å². The number of hydrogen-bond acceptors (Lipinski definition) is 3. The molecule has 2 heterocycles. The largest absolute Gasteiger partial charge is 0.326 e. The molecule has 3 N–H and O–H groups in total. The van der Waals surface area contributed by atoms with Gasteiger partial charge in [0.25, 0.3) is 0 Å². The molecule has 1 aromatic rings. The van der Waals surface area contributed by atoms with Crippen molar-refractivity contribution in [2.75, 3.05) is 6.54 Å². The number of nitrogens with two attached hydrogens (primary N) is 1. The topological polar surface area (TPSA) is 50.9 Å². The van der Waals surface area contributed by atoms with Crippen LogP contribution < -0.4 is 11.1 Å². The molecule has 3 heteroatoms. The number of nitrogens with zero attached hydrogens (tertiary/aromatic N) is 1. The first-order chi connectivity index (χ1) is 10.8. The third-order valence-electron chi connectivity index (χ3n) is 5.79. The van der Waals surface area contributed by atoms with Crippen molar-refractivity contribution in [1.82, 2.24) is 10.3 Å². The molecule has 22 heavy (non-hydrogen) atoms. The van der Waals surface area contributed by atoms with E-state index in [0.717, 1.165) is 6.54 Å². The van der Waals surface area contributed by atoms with Crippen molar-refractivity contribution >= 4 is 0 Å². The summed E-state index contributed by atoms with van der Waals surface area (Å²) in [6.07, 6.45) is 17.5. The fraction of sp³-hybridized carbons (Fsp3) is 0.737. The van der Waals surface area contributed by atoms with E-state index in [2.05, 4.69) is 22.4 Å². The molecule has 1 aliphatic heterocycles. The van der Waals surface area contributed by atoms with Gasteiger partial charge in [-0.15, -0.1) is 0 Å². The molecule has 3 rings (SSSR count). The predicted molar refractivity (Wildman–Crippen MR) is 91.9 cm³/mol. The van der Waals surface area contributed by atoms with Crippen LogP contribution in [-0.4, -0.2) is 23.1 Å². The van der Waals surface area contributed by atoms with Crippen LogP contribution in [0.25, 0.3) is 0 Å². The summed E-state index contributed by atoms with van der Waals surface area (Å²) in [5.74, 6) is 0.479. The highest BCUT2D eigenvalue weighted by molar-refractivity contribution is 5.21. The van der Waals surface area contributed by atoms with E-state index in [-0.39, 0.29) is 6.04 Å². The predicted octanol–water partition coefficient (Wildman–Crippen LogP) is 3.75. The van der Waals surface area contributed by atoms with Gasteiger partial charge in [-0.3, -0.25) is 4.98 Å². The molecule has 0 radical (unpaired) electrons. The lowest BCUT2D eigenvalue weighted by Crippen LogP contribution is -2.58. The Hall–Kier alpha value is -0.930. The van der Waals surface area contributed by atoms with Gasteiger partial charge >= 0.3 is 0 Å². The van der Waals surface area contributed by atoms with E-state index in [0.29, 0.717) is 11.5 Å². The second-order valence-corrected chi connectivity index (χ2v) is 7.39. The average molecular weight is 301 g/mol. The minimum Gasteiger partial charge on any atom is -0.326 e. The zero-order valence-corrected chi connectivity index (χ0v) is 13.8. The third kappa shape index (κ3) is 3.88. The number of rotatable bonds is 1. The Kier molecular flexibility index (Phi) is 5.48. The molecule has 2 aliphatic rings. The summed E-state index contributed by atoms with van der Waals surface area (Å²) in [6.45, 7) is 0.951. The minimum atomic E-state index is 0.225. The first-order valence-electron chi connectivity index (χ1n) is 9.20. The zero-order chi connectivity index (χ0) is 15.3. The summed E-state index contributed by atoms with van der Waals surface area (Å²) in [7, 11) is 0. The number of pyridine rings is 1. The Morgan fingerprint density at radius 1 is 0.955 bits per heavy atom. The van der Waals surface area contributed by atoms with Gasteiger partial charge in [-0.1, -0.05) is 44.9 Å². The molecule has 2 atom stereocenters. The van der Waals surface area contributed by atoms with E-state index in [1.165, 1.54) is 69.8 Å². The smallest absolute Gasteiger partial charge is 0.0270 e. The molecule has 1 aliphatic carbocycles. The molecule has 2 fully saturated rings. The van der Waals surface area contributed by atoms with Gasteiger partial charge in [-0.05, 0) is 37.0 Å². The van der Waals surface area contributed by atoms with Crippen molar-refractivity contribution in [2.24, 2.45) is 5.73 Å². The van der Waals surface area contributed by atoms with Crippen LogP contribution in [0.15, 0.2) is 24.5 Å². The van der Waals surface area contributed by atoms with Crippen molar-refractivity contribution in [1.29, 1.82) is 0 Å². The fourth-order valence-electron chi connectivity index (χ4n) is 4.41. The van der Waals surface area contributed by atoms with Gasteiger partial charge in [0.05, 0.1) is 0 Å². The molecule has 122 valence electrons. The van der Waals surface area contributed by atoms with E-state index >= 15 is 0 Å². The molecule has 3 nitrogen and oxygen atoms in total. The van der Waals surface area contributed by atoms with E-state index in [4.69, 9.17) is 5.73 Å². The first kappa shape index (κ1) is 15.9. The van der Waals surface area contributed by atoms with Crippen LogP contribution >= 0.6 is 0 Å². The minimum absolute atomic E-state index is 0.225. The van der Waals surface area contributed by atoms with Gasteiger partial charge in [0.15, 0.2) is 0 Å². The van der Waals surface area contributed by atoms with Crippen LogP contribution in [-0.2, 0) is 0 Å². The summed E-state index contributed by atoms with van der Waals surface area (Å²) in [6, 6.07) is 4.54. The van der Waals surface area contributed by atoms with Gasteiger partial charge in [-0.2, -0.15) is 0 Å². The maximum atomic E-state index is 6.44. The van der Waals surface area contributed by atoms with Crippen molar-refractivity contribution < 1.29 is 0 Å². The maximum Gasteiger partial charge on any atom is 0.0270 e. The number of hydrogen-bond donors (Lipinski definition) is 2. The Balaban J connectivity index is 1.74. The fourth-order valence-corrected chi connectivity index (χ4v) is 4.41. The van der Waals surface area contributed by atoms with Crippen LogP contribution in [0, 0.1) is 0 Å². The van der Waals surface area contributed by atoms with E-state index in [9.17, 15) is 0 Å². The Bertz CT molecular complexity index is 435. The van der Waals surface area contributed by atoms with E-state index < -0.39 is 0 Å². The second kappa shape index (κ2) is 7.56. The summed E-state index contributed by atoms with van der Waals surface area (Å²) in [4.78, 5) is 4.16. The van der Waals surface area contributed by atoms with Crippen molar-refractivity contribution in [3.63, 3.8) is 0 Å². The first-order valence-corrected chi connectivity index (χ1v) is 9.20. The lowest BCUT2D eigenvalue weighted by molar-refractivity contribution is 0.173. The lowest BCUT2D eigenvalue weighted by atomic mass is 9.71. The SMILES string of the molecule is NC1CNC2(CCCCCCCCC2)CC1c1ccncc1. The van der Waals surface area contributed by atoms with Crippen LogP contribution in [0.1, 0.15) is 75.7 Å². The molecule has 1 saturated carbocycles. The summed E-state index contributed by atoms with van der Waals surface area (Å²) in [5.41, 5.74) is 8.14. The highest BCUT2D eigenvalue weighted by Crippen LogP contribution is 2.38. The van der Waals surface area contributed by atoms with Gasteiger partial charge in [0, 0.05) is 36.4 Å². The Morgan fingerprint density at radius 3 is 2.18 bits per heavy atom. The molecular weight excluding hydrogens is 270 g/mol. The highest BCUT2D eigenvalue weighted by Gasteiger charge is 2.39. The maximum absolute atomic E-state index is 6.44. The van der Waals surface area contributed by atoms with Crippen molar-refractivity contribution in [3.05, 3.63) is 30.1 Å². The number of aromatic nitrogens is 1. The van der Waals surface area contributed by atoms with Gasteiger partial charge in [0.1, 0.15) is 0 Å². The number of piperidine rings is 1. The molecule has 1 aromatic heterocycles. The summed E-state index contributed by atoms with van der Waals surface area (Å²) < 4.78 is 0. The van der Waals surface area contributed by atoms with E-state index in [1.807, 2.05) is 12.4 Å². The molecule has 2 unspecified atom stereocenters. The van der Waals surface area contributed by atoms with Gasteiger partial charge in [-0.25, -0.2) is 0 Å². The molecule has 1 spiro atoms. The average Bonchev–Trinajstić information content (AvgIpc) is 2.57. The monoisotopic (exact) mass is 301 g/mol.